The fourth-order valence-corrected chi connectivity index (χ4v) is 2.10. The van der Waals surface area contributed by atoms with Crippen molar-refractivity contribution in [2.75, 3.05) is 22.5 Å². The molecule has 0 spiro atoms. The molecule has 1 atom stereocenters. The first-order valence-corrected chi connectivity index (χ1v) is 7.90. The van der Waals surface area contributed by atoms with Crippen LogP contribution in [0.1, 0.15) is 12.6 Å². The van der Waals surface area contributed by atoms with Gasteiger partial charge in [-0.2, -0.15) is 4.98 Å². The molecular formula is C15H17Cl2N5O2. The van der Waals surface area contributed by atoms with Gasteiger partial charge in [0, 0.05) is 24.0 Å². The van der Waals surface area contributed by atoms with Crippen LogP contribution < -0.4 is 16.0 Å². The molecule has 2 aromatic rings. The second-order valence-electron chi connectivity index (χ2n) is 5.16. The average Bonchev–Trinajstić information content (AvgIpc) is 2.48. The molecule has 1 unspecified atom stereocenters. The molecular weight excluding hydrogens is 353 g/mol. The minimum atomic E-state index is -0.519. The Morgan fingerprint density at radius 2 is 1.96 bits per heavy atom. The van der Waals surface area contributed by atoms with Crippen molar-refractivity contribution in [3.63, 3.8) is 0 Å². The van der Waals surface area contributed by atoms with Crippen molar-refractivity contribution in [2.45, 2.75) is 20.0 Å². The number of aryl methyl sites for hydroxylation is 1. The summed E-state index contributed by atoms with van der Waals surface area (Å²) in [5.74, 6) is 0.647. The highest BCUT2D eigenvalue weighted by atomic mass is 35.5. The number of nitrogens with one attached hydrogen (secondary N) is 3. The minimum absolute atomic E-state index is 0.139. The molecule has 2 amide bonds. The normalized spacial score (nSPS) is 11.7. The molecule has 4 N–H and O–H groups in total. The lowest BCUT2D eigenvalue weighted by Gasteiger charge is -2.11. The minimum Gasteiger partial charge on any atom is -0.392 e. The van der Waals surface area contributed by atoms with E-state index in [1.807, 2.05) is 0 Å². The van der Waals surface area contributed by atoms with Gasteiger partial charge in [0.25, 0.3) is 0 Å². The van der Waals surface area contributed by atoms with Gasteiger partial charge in [-0.25, -0.2) is 9.78 Å². The summed E-state index contributed by atoms with van der Waals surface area (Å²) in [6, 6.07) is 5.95. The highest BCUT2D eigenvalue weighted by molar-refractivity contribution is 6.42. The van der Waals surface area contributed by atoms with Gasteiger partial charge in [-0.3, -0.25) is 5.32 Å². The van der Waals surface area contributed by atoms with Crippen LogP contribution in [0, 0.1) is 6.92 Å². The number of hydrogen-bond donors (Lipinski definition) is 4. The van der Waals surface area contributed by atoms with Crippen LogP contribution in [0.2, 0.25) is 10.0 Å². The Morgan fingerprint density at radius 3 is 2.62 bits per heavy atom. The lowest BCUT2D eigenvalue weighted by atomic mass is 10.3. The molecule has 0 saturated heterocycles. The van der Waals surface area contributed by atoms with Crippen molar-refractivity contribution in [1.29, 1.82) is 0 Å². The molecule has 0 aliphatic carbocycles. The van der Waals surface area contributed by atoms with E-state index in [1.165, 1.54) is 6.07 Å². The van der Waals surface area contributed by atoms with Crippen LogP contribution in [0.3, 0.4) is 0 Å². The SMILES string of the molecule is Cc1cc(NCC(C)O)nc(NC(=O)Nc2ccc(Cl)c(Cl)c2)n1. The molecule has 7 nitrogen and oxygen atoms in total. The first-order valence-electron chi connectivity index (χ1n) is 7.14. The molecule has 128 valence electrons. The van der Waals surface area contributed by atoms with Crippen molar-refractivity contribution in [2.24, 2.45) is 0 Å². The van der Waals surface area contributed by atoms with Crippen molar-refractivity contribution >= 4 is 46.7 Å². The van der Waals surface area contributed by atoms with E-state index in [0.717, 1.165) is 0 Å². The van der Waals surface area contributed by atoms with E-state index < -0.39 is 12.1 Å². The standard InChI is InChI=1S/C15H17Cl2N5O2/c1-8-5-13(18-7-9(2)23)21-14(19-8)22-15(24)20-10-3-4-11(16)12(17)6-10/h3-6,9,23H,7H2,1-2H3,(H3,18,19,20,21,22,24). The summed E-state index contributed by atoms with van der Waals surface area (Å²) >= 11 is 11.7. The molecule has 0 aliphatic rings. The molecule has 0 bridgehead atoms. The smallest absolute Gasteiger partial charge is 0.326 e. The van der Waals surface area contributed by atoms with E-state index in [4.69, 9.17) is 23.2 Å². The van der Waals surface area contributed by atoms with Crippen LogP contribution in [-0.2, 0) is 0 Å². The summed E-state index contributed by atoms with van der Waals surface area (Å²) in [5, 5.41) is 18.2. The van der Waals surface area contributed by atoms with E-state index >= 15 is 0 Å². The molecule has 1 heterocycles. The van der Waals surface area contributed by atoms with Crippen LogP contribution in [0.4, 0.5) is 22.2 Å². The number of anilines is 3. The number of amides is 2. The molecule has 1 aromatic heterocycles. The lowest BCUT2D eigenvalue weighted by Crippen LogP contribution is -2.22. The maximum atomic E-state index is 12.0. The van der Waals surface area contributed by atoms with Crippen molar-refractivity contribution in [3.05, 3.63) is 40.0 Å². The zero-order chi connectivity index (χ0) is 17.7. The van der Waals surface area contributed by atoms with Gasteiger partial charge >= 0.3 is 6.03 Å². The Morgan fingerprint density at radius 1 is 1.21 bits per heavy atom. The number of urea groups is 1. The topological polar surface area (TPSA) is 99.2 Å². The van der Waals surface area contributed by atoms with E-state index in [0.29, 0.717) is 33.8 Å². The predicted octanol–water partition coefficient (Wildman–Crippen LogP) is 3.53. The number of aliphatic hydroxyl groups is 1. The van der Waals surface area contributed by atoms with Crippen LogP contribution in [0.25, 0.3) is 0 Å². The third-order valence-corrected chi connectivity index (χ3v) is 3.57. The molecule has 2 rings (SSSR count). The molecule has 1 aromatic carbocycles. The van der Waals surface area contributed by atoms with Crippen LogP contribution in [-0.4, -0.2) is 33.8 Å². The Balaban J connectivity index is 2.03. The van der Waals surface area contributed by atoms with Crippen LogP contribution in [0.15, 0.2) is 24.3 Å². The highest BCUT2D eigenvalue weighted by Gasteiger charge is 2.09. The number of carbonyl (C=O) groups excluding carboxylic acids is 1. The number of aliphatic hydroxyl groups excluding tert-OH is 1. The Labute approximate surface area is 149 Å². The Kier molecular flexibility index (Phi) is 6.19. The van der Waals surface area contributed by atoms with Crippen molar-refractivity contribution in [3.8, 4) is 0 Å². The van der Waals surface area contributed by atoms with Gasteiger partial charge < -0.3 is 15.7 Å². The fraction of sp³-hybridized carbons (Fsp3) is 0.267. The number of benzene rings is 1. The van der Waals surface area contributed by atoms with Crippen molar-refractivity contribution < 1.29 is 9.90 Å². The zero-order valence-electron chi connectivity index (χ0n) is 13.1. The van der Waals surface area contributed by atoms with Gasteiger partial charge in [0.15, 0.2) is 0 Å². The first-order chi connectivity index (χ1) is 11.3. The Bertz CT molecular complexity index is 740. The number of aromatic nitrogens is 2. The molecule has 0 fully saturated rings. The van der Waals surface area contributed by atoms with Gasteiger partial charge in [0.2, 0.25) is 5.95 Å². The second kappa shape index (κ2) is 8.14. The van der Waals surface area contributed by atoms with Crippen LogP contribution >= 0.6 is 23.2 Å². The number of halogens is 2. The lowest BCUT2D eigenvalue weighted by molar-refractivity contribution is 0.208. The fourth-order valence-electron chi connectivity index (χ4n) is 1.81. The van der Waals surface area contributed by atoms with Gasteiger partial charge in [-0.05, 0) is 32.0 Å². The summed E-state index contributed by atoms with van der Waals surface area (Å²) in [4.78, 5) is 20.3. The van der Waals surface area contributed by atoms with E-state index in [9.17, 15) is 9.90 Å². The molecule has 0 radical (unpaired) electrons. The number of nitrogens with zero attached hydrogens (tertiary/aromatic N) is 2. The summed E-state index contributed by atoms with van der Waals surface area (Å²) in [6.45, 7) is 3.77. The van der Waals surface area contributed by atoms with E-state index in [1.54, 1.807) is 32.0 Å². The highest BCUT2D eigenvalue weighted by Crippen LogP contribution is 2.25. The maximum absolute atomic E-state index is 12.0. The molecule has 24 heavy (non-hydrogen) atoms. The molecule has 0 aliphatic heterocycles. The average molecular weight is 370 g/mol. The summed E-state index contributed by atoms with van der Waals surface area (Å²) in [7, 11) is 0. The number of rotatable bonds is 5. The van der Waals surface area contributed by atoms with E-state index in [2.05, 4.69) is 25.9 Å². The predicted molar refractivity (Wildman–Crippen MR) is 96.0 cm³/mol. The quantitative estimate of drug-likeness (QED) is 0.645. The van der Waals surface area contributed by atoms with Gasteiger partial charge in [-0.1, -0.05) is 23.2 Å². The summed E-state index contributed by atoms with van der Waals surface area (Å²) < 4.78 is 0. The summed E-state index contributed by atoms with van der Waals surface area (Å²) in [5.41, 5.74) is 1.16. The van der Waals surface area contributed by atoms with Gasteiger partial charge in [0.05, 0.1) is 16.1 Å². The van der Waals surface area contributed by atoms with Crippen molar-refractivity contribution in [1.82, 2.24) is 9.97 Å². The zero-order valence-corrected chi connectivity index (χ0v) is 14.6. The first kappa shape index (κ1) is 18.3. The summed E-state index contributed by atoms with van der Waals surface area (Å²) in [6.07, 6.45) is -0.519. The number of hydrogen-bond acceptors (Lipinski definition) is 5. The Hall–Kier alpha value is -2.09. The third kappa shape index (κ3) is 5.52. The van der Waals surface area contributed by atoms with E-state index in [-0.39, 0.29) is 5.95 Å². The van der Waals surface area contributed by atoms with Crippen LogP contribution in [0.5, 0.6) is 0 Å². The third-order valence-electron chi connectivity index (χ3n) is 2.84. The monoisotopic (exact) mass is 369 g/mol. The number of carbonyl (C=O) groups is 1. The maximum Gasteiger partial charge on any atom is 0.326 e. The van der Waals surface area contributed by atoms with Gasteiger partial charge in [-0.15, -0.1) is 0 Å². The molecule has 9 heteroatoms. The van der Waals surface area contributed by atoms with Gasteiger partial charge in [0.1, 0.15) is 5.82 Å². The molecule has 0 saturated carbocycles. The largest absolute Gasteiger partial charge is 0.392 e. The second-order valence-corrected chi connectivity index (χ2v) is 5.97.